The van der Waals surface area contributed by atoms with E-state index in [2.05, 4.69) is 10.6 Å². The molecule has 2 aromatic rings. The van der Waals surface area contributed by atoms with Gasteiger partial charge >= 0.3 is 12.2 Å². The average molecular weight is 506 g/mol. The highest BCUT2D eigenvalue weighted by molar-refractivity contribution is 5.74. The van der Waals surface area contributed by atoms with Crippen molar-refractivity contribution in [1.82, 2.24) is 15.5 Å². The zero-order valence-corrected chi connectivity index (χ0v) is 20.7. The predicted molar refractivity (Wildman–Crippen MR) is 131 cm³/mol. The van der Waals surface area contributed by atoms with Crippen molar-refractivity contribution >= 4 is 6.03 Å². The molecular weight excluding hydrogens is 471 g/mol. The summed E-state index contributed by atoms with van der Waals surface area (Å²) in [6.07, 6.45) is -3.47. The van der Waals surface area contributed by atoms with Gasteiger partial charge in [0.05, 0.1) is 37.0 Å². The maximum absolute atomic E-state index is 13.3. The summed E-state index contributed by atoms with van der Waals surface area (Å²) in [5.41, 5.74) is 0.919. The van der Waals surface area contributed by atoms with Crippen LogP contribution in [-0.4, -0.2) is 56.4 Å². The van der Waals surface area contributed by atoms with Gasteiger partial charge < -0.3 is 25.0 Å². The molecule has 4 rings (SSSR count). The molecule has 2 amide bonds. The van der Waals surface area contributed by atoms with E-state index in [0.717, 1.165) is 18.1 Å². The number of nitrogens with one attached hydrogen (secondary N) is 2. The van der Waals surface area contributed by atoms with E-state index < -0.39 is 23.4 Å². The van der Waals surface area contributed by atoms with Gasteiger partial charge in [0.15, 0.2) is 0 Å². The minimum absolute atomic E-state index is 0.0271. The number of urea groups is 1. The first-order chi connectivity index (χ1) is 17.2. The van der Waals surface area contributed by atoms with Crippen LogP contribution in [0.5, 0.6) is 0 Å². The molecule has 6 nitrogen and oxygen atoms in total. The Kier molecular flexibility index (Phi) is 8.22. The molecule has 2 saturated heterocycles. The molecule has 0 aliphatic carbocycles. The van der Waals surface area contributed by atoms with E-state index in [4.69, 9.17) is 9.47 Å². The Morgan fingerprint density at radius 2 is 1.94 bits per heavy atom. The fourth-order valence-corrected chi connectivity index (χ4v) is 4.87. The summed E-state index contributed by atoms with van der Waals surface area (Å²) in [6, 6.07) is 13.9. The average Bonchev–Trinajstić information content (AvgIpc) is 2.88. The normalized spacial score (nSPS) is 23.8. The first-order valence-electron chi connectivity index (χ1n) is 12.4. The molecule has 196 valence electrons. The fraction of sp³-hybridized carbons (Fsp3) is 0.519. The first-order valence-corrected chi connectivity index (χ1v) is 12.4. The summed E-state index contributed by atoms with van der Waals surface area (Å²) in [5.74, 6) is 0. The highest BCUT2D eigenvalue weighted by Crippen LogP contribution is 2.35. The van der Waals surface area contributed by atoms with Crippen molar-refractivity contribution < 1.29 is 27.4 Å². The van der Waals surface area contributed by atoms with Gasteiger partial charge in [0.2, 0.25) is 0 Å². The van der Waals surface area contributed by atoms with Crippen molar-refractivity contribution in [2.45, 2.75) is 50.6 Å². The molecule has 3 atom stereocenters. The lowest BCUT2D eigenvalue weighted by atomic mass is 9.81. The highest BCUT2D eigenvalue weighted by atomic mass is 19.4. The van der Waals surface area contributed by atoms with Crippen LogP contribution in [0.3, 0.4) is 0 Å². The Morgan fingerprint density at radius 3 is 2.58 bits per heavy atom. The van der Waals surface area contributed by atoms with Crippen LogP contribution in [0.1, 0.15) is 48.1 Å². The summed E-state index contributed by atoms with van der Waals surface area (Å²) < 4.78 is 51.5. The largest absolute Gasteiger partial charge is 0.416 e. The van der Waals surface area contributed by atoms with Gasteiger partial charge in [0.1, 0.15) is 0 Å². The van der Waals surface area contributed by atoms with Crippen LogP contribution >= 0.6 is 0 Å². The molecule has 2 aliphatic heterocycles. The Balaban J connectivity index is 1.44. The zero-order chi connectivity index (χ0) is 25.8. The van der Waals surface area contributed by atoms with E-state index in [1.54, 1.807) is 24.8 Å². The summed E-state index contributed by atoms with van der Waals surface area (Å²) in [4.78, 5) is 14.4. The van der Waals surface area contributed by atoms with Gasteiger partial charge in [-0.15, -0.1) is 0 Å². The summed E-state index contributed by atoms with van der Waals surface area (Å²) in [6.45, 7) is 6.56. The second-order valence-corrected chi connectivity index (χ2v) is 9.70. The molecule has 2 aromatic carbocycles. The molecule has 2 heterocycles. The Morgan fingerprint density at radius 1 is 1.22 bits per heavy atom. The predicted octanol–water partition coefficient (Wildman–Crippen LogP) is 4.78. The van der Waals surface area contributed by atoms with Gasteiger partial charge in [-0.05, 0) is 49.9 Å². The van der Waals surface area contributed by atoms with E-state index >= 15 is 0 Å². The van der Waals surface area contributed by atoms with Crippen molar-refractivity contribution in [3.8, 4) is 0 Å². The number of morpholine rings is 1. The number of piperidine rings is 1. The van der Waals surface area contributed by atoms with Gasteiger partial charge in [-0.2, -0.15) is 13.2 Å². The molecule has 0 unspecified atom stereocenters. The molecule has 2 N–H and O–H groups in total. The molecule has 0 bridgehead atoms. The second-order valence-electron chi connectivity index (χ2n) is 9.70. The highest BCUT2D eigenvalue weighted by Gasteiger charge is 2.38. The van der Waals surface area contributed by atoms with E-state index in [1.807, 2.05) is 30.3 Å². The molecule has 0 aromatic heterocycles. The topological polar surface area (TPSA) is 62.8 Å². The number of benzene rings is 2. The van der Waals surface area contributed by atoms with Crippen LogP contribution < -0.4 is 10.6 Å². The Bertz CT molecular complexity index is 1020. The molecule has 2 aliphatic rings. The van der Waals surface area contributed by atoms with Gasteiger partial charge in [0, 0.05) is 25.7 Å². The molecule has 36 heavy (non-hydrogen) atoms. The third kappa shape index (κ3) is 6.38. The molecular formula is C27H34F3N3O3. The van der Waals surface area contributed by atoms with Crippen LogP contribution in [0.4, 0.5) is 18.0 Å². The third-order valence-electron chi connectivity index (χ3n) is 7.03. The van der Waals surface area contributed by atoms with Gasteiger partial charge in [0.25, 0.3) is 0 Å². The molecule has 2 fully saturated rings. The van der Waals surface area contributed by atoms with Crippen molar-refractivity contribution in [3.63, 3.8) is 0 Å². The fourth-order valence-electron chi connectivity index (χ4n) is 4.87. The smallest absolute Gasteiger partial charge is 0.378 e. The third-order valence-corrected chi connectivity index (χ3v) is 7.03. The second kappa shape index (κ2) is 11.2. The van der Waals surface area contributed by atoms with Gasteiger partial charge in [-0.25, -0.2) is 4.79 Å². The molecule has 9 heteroatoms. The SMILES string of the molecule is Cc1cc([C@@H](C)OC[C@@]2(c3ccccc3)CC[C@H](NC(=O)N3CCOCC3)CN2)cc(C(F)(F)F)c1. The maximum atomic E-state index is 13.3. The van der Waals surface area contributed by atoms with Crippen molar-refractivity contribution in [3.05, 3.63) is 70.8 Å². The number of carbonyl (C=O) groups is 1. The number of halogens is 3. The number of ether oxygens (including phenoxy) is 2. The Labute approximate surface area is 210 Å². The van der Waals surface area contributed by atoms with Crippen LogP contribution in [0.15, 0.2) is 48.5 Å². The number of hydrogen-bond donors (Lipinski definition) is 2. The van der Waals surface area contributed by atoms with Crippen LogP contribution in [0, 0.1) is 6.92 Å². The van der Waals surface area contributed by atoms with Crippen molar-refractivity contribution in [1.29, 1.82) is 0 Å². The van der Waals surface area contributed by atoms with Crippen molar-refractivity contribution in [2.75, 3.05) is 39.5 Å². The van der Waals surface area contributed by atoms with Crippen LogP contribution in [-0.2, 0) is 21.2 Å². The maximum Gasteiger partial charge on any atom is 0.416 e. The van der Waals surface area contributed by atoms with Crippen LogP contribution in [0.25, 0.3) is 0 Å². The van der Waals surface area contributed by atoms with Crippen LogP contribution in [0.2, 0.25) is 0 Å². The molecule has 0 saturated carbocycles. The number of rotatable bonds is 6. The molecule has 0 spiro atoms. The summed E-state index contributed by atoms with van der Waals surface area (Å²) in [5, 5.41) is 6.71. The van der Waals surface area contributed by atoms with E-state index in [9.17, 15) is 18.0 Å². The zero-order valence-electron chi connectivity index (χ0n) is 20.7. The quantitative estimate of drug-likeness (QED) is 0.593. The number of carbonyl (C=O) groups excluding carboxylic acids is 1. The number of amides is 2. The minimum Gasteiger partial charge on any atom is -0.378 e. The monoisotopic (exact) mass is 505 g/mol. The van der Waals surface area contributed by atoms with Gasteiger partial charge in [-0.1, -0.05) is 42.0 Å². The van der Waals surface area contributed by atoms with E-state index in [1.165, 1.54) is 6.07 Å². The number of aryl methyl sites for hydroxylation is 1. The number of nitrogens with zero attached hydrogens (tertiary/aromatic N) is 1. The lowest BCUT2D eigenvalue weighted by molar-refractivity contribution is -0.137. The minimum atomic E-state index is -4.41. The standard InChI is InChI=1S/C27H34F3N3O3/c1-19-14-21(16-23(15-19)27(28,29)30)20(2)36-18-26(22-6-4-3-5-7-22)9-8-24(17-31-26)32-25(34)33-10-12-35-13-11-33/h3-7,14-16,20,24,31H,8-13,17-18H2,1-2H3,(H,32,34)/t20-,24+,26-/m1/s1. The number of hydrogen-bond acceptors (Lipinski definition) is 4. The lowest BCUT2D eigenvalue weighted by Gasteiger charge is -2.42. The number of alkyl halides is 3. The lowest BCUT2D eigenvalue weighted by Crippen LogP contribution is -2.59. The van der Waals surface area contributed by atoms with Crippen molar-refractivity contribution in [2.24, 2.45) is 0 Å². The first kappa shape index (κ1) is 26.4. The Hall–Kier alpha value is -2.62. The molecule has 0 radical (unpaired) electrons. The van der Waals surface area contributed by atoms with Gasteiger partial charge in [-0.3, -0.25) is 0 Å². The summed E-state index contributed by atoms with van der Waals surface area (Å²) in [7, 11) is 0. The van der Waals surface area contributed by atoms with E-state index in [-0.39, 0.29) is 18.7 Å². The van der Waals surface area contributed by atoms with E-state index in [0.29, 0.717) is 50.4 Å². The summed E-state index contributed by atoms with van der Waals surface area (Å²) >= 11 is 0.